The average Bonchev–Trinajstić information content (AvgIpc) is 2.43. The van der Waals surface area contributed by atoms with Gasteiger partial charge in [0.05, 0.1) is 12.0 Å². The van der Waals surface area contributed by atoms with Crippen LogP contribution in [0, 0.1) is 11.3 Å². The maximum atomic E-state index is 11.8. The van der Waals surface area contributed by atoms with Gasteiger partial charge in [-0.05, 0) is 32.6 Å². The van der Waals surface area contributed by atoms with Gasteiger partial charge in [0, 0.05) is 6.04 Å². The van der Waals surface area contributed by atoms with Gasteiger partial charge in [-0.15, -0.1) is 0 Å². The monoisotopic (exact) mass is 199 g/mol. The first-order valence-corrected chi connectivity index (χ1v) is 5.47. The van der Waals surface area contributed by atoms with Crippen molar-refractivity contribution < 1.29 is 9.53 Å². The second-order valence-corrected chi connectivity index (χ2v) is 4.44. The van der Waals surface area contributed by atoms with Crippen molar-refractivity contribution >= 4 is 5.97 Å². The first-order valence-electron chi connectivity index (χ1n) is 5.47. The second kappa shape index (κ2) is 4.30. The van der Waals surface area contributed by atoms with Crippen LogP contribution in [-0.4, -0.2) is 18.6 Å². The Bertz CT molecular complexity index is 217. The van der Waals surface area contributed by atoms with Gasteiger partial charge in [0.1, 0.15) is 0 Å². The Morgan fingerprint density at radius 3 is 2.71 bits per heavy atom. The number of hydrogen-bond acceptors (Lipinski definition) is 3. The van der Waals surface area contributed by atoms with E-state index in [9.17, 15) is 4.79 Å². The van der Waals surface area contributed by atoms with Gasteiger partial charge in [-0.2, -0.15) is 0 Å². The van der Waals surface area contributed by atoms with Crippen LogP contribution in [-0.2, 0) is 9.53 Å². The maximum Gasteiger partial charge on any atom is 0.312 e. The van der Waals surface area contributed by atoms with E-state index in [-0.39, 0.29) is 17.4 Å². The van der Waals surface area contributed by atoms with Gasteiger partial charge in [-0.3, -0.25) is 4.79 Å². The smallest absolute Gasteiger partial charge is 0.312 e. The summed E-state index contributed by atoms with van der Waals surface area (Å²) in [5.74, 6) is 0.316. The lowest BCUT2D eigenvalue weighted by Gasteiger charge is -2.28. The summed E-state index contributed by atoms with van der Waals surface area (Å²) in [4.78, 5) is 11.8. The number of esters is 1. The van der Waals surface area contributed by atoms with Gasteiger partial charge in [0.2, 0.25) is 0 Å². The minimum atomic E-state index is -0.343. The zero-order valence-corrected chi connectivity index (χ0v) is 9.38. The fraction of sp³-hybridized carbons (Fsp3) is 0.909. The highest BCUT2D eigenvalue weighted by molar-refractivity contribution is 5.77. The second-order valence-electron chi connectivity index (χ2n) is 4.44. The summed E-state index contributed by atoms with van der Waals surface area (Å²) in [7, 11) is 0. The zero-order valence-electron chi connectivity index (χ0n) is 9.38. The van der Waals surface area contributed by atoms with E-state index in [1.807, 2.05) is 13.8 Å². The summed E-state index contributed by atoms with van der Waals surface area (Å²) >= 11 is 0. The van der Waals surface area contributed by atoms with Crippen molar-refractivity contribution in [3.63, 3.8) is 0 Å². The Balaban J connectivity index is 2.75. The number of hydrogen-bond donors (Lipinski definition) is 1. The molecule has 1 rings (SSSR count). The predicted molar refractivity (Wildman–Crippen MR) is 55.7 cm³/mol. The SMILES string of the molecule is CCOC(=O)C1(C)CC(N)CC1CC. The van der Waals surface area contributed by atoms with Crippen LogP contribution in [0.3, 0.4) is 0 Å². The van der Waals surface area contributed by atoms with Crippen LogP contribution in [0.2, 0.25) is 0 Å². The summed E-state index contributed by atoms with van der Waals surface area (Å²) in [5.41, 5.74) is 5.56. The van der Waals surface area contributed by atoms with Crippen LogP contribution >= 0.6 is 0 Å². The van der Waals surface area contributed by atoms with Crippen LogP contribution in [0.4, 0.5) is 0 Å². The van der Waals surface area contributed by atoms with E-state index >= 15 is 0 Å². The molecule has 0 heterocycles. The molecule has 82 valence electrons. The van der Waals surface area contributed by atoms with E-state index in [0.29, 0.717) is 12.5 Å². The third-order valence-corrected chi connectivity index (χ3v) is 3.41. The van der Waals surface area contributed by atoms with Gasteiger partial charge < -0.3 is 10.5 Å². The summed E-state index contributed by atoms with van der Waals surface area (Å²) in [6.07, 6.45) is 2.72. The molecule has 3 unspecified atom stereocenters. The van der Waals surface area contributed by atoms with Crippen molar-refractivity contribution in [3.05, 3.63) is 0 Å². The van der Waals surface area contributed by atoms with E-state index in [4.69, 9.17) is 10.5 Å². The first kappa shape index (κ1) is 11.5. The molecule has 0 spiro atoms. The highest BCUT2D eigenvalue weighted by Crippen LogP contribution is 2.45. The molecule has 1 saturated carbocycles. The molecule has 3 nitrogen and oxygen atoms in total. The number of nitrogens with two attached hydrogens (primary N) is 1. The normalized spacial score (nSPS) is 37.1. The molecular formula is C11H21NO2. The van der Waals surface area contributed by atoms with E-state index in [2.05, 4.69) is 6.92 Å². The Kier molecular flexibility index (Phi) is 3.53. The molecule has 0 aromatic carbocycles. The minimum absolute atomic E-state index is 0.0696. The van der Waals surface area contributed by atoms with E-state index in [1.165, 1.54) is 0 Å². The molecular weight excluding hydrogens is 178 g/mol. The maximum absolute atomic E-state index is 11.8. The van der Waals surface area contributed by atoms with Crippen LogP contribution in [0.5, 0.6) is 0 Å². The number of carbonyl (C=O) groups excluding carboxylic acids is 1. The average molecular weight is 199 g/mol. The Hall–Kier alpha value is -0.570. The first-order chi connectivity index (χ1) is 6.54. The quantitative estimate of drug-likeness (QED) is 0.704. The van der Waals surface area contributed by atoms with Crippen molar-refractivity contribution in [2.45, 2.75) is 46.1 Å². The van der Waals surface area contributed by atoms with Crippen molar-refractivity contribution in [2.75, 3.05) is 6.61 Å². The van der Waals surface area contributed by atoms with E-state index < -0.39 is 0 Å². The molecule has 0 saturated heterocycles. The fourth-order valence-corrected chi connectivity index (χ4v) is 2.58. The Labute approximate surface area is 86.0 Å². The Morgan fingerprint density at radius 1 is 1.57 bits per heavy atom. The number of ether oxygens (including phenoxy) is 1. The predicted octanol–water partition coefficient (Wildman–Crippen LogP) is 1.70. The topological polar surface area (TPSA) is 52.3 Å². The van der Waals surface area contributed by atoms with Gasteiger partial charge in [0.15, 0.2) is 0 Å². The van der Waals surface area contributed by atoms with E-state index in [0.717, 1.165) is 19.3 Å². The van der Waals surface area contributed by atoms with Gasteiger partial charge in [-0.1, -0.05) is 13.3 Å². The minimum Gasteiger partial charge on any atom is -0.466 e. The molecule has 14 heavy (non-hydrogen) atoms. The third kappa shape index (κ3) is 1.92. The summed E-state index contributed by atoms with van der Waals surface area (Å²) in [6.45, 7) is 6.41. The largest absolute Gasteiger partial charge is 0.466 e. The molecule has 1 aliphatic carbocycles. The molecule has 0 aromatic heterocycles. The zero-order chi connectivity index (χ0) is 10.8. The molecule has 1 fully saturated rings. The molecule has 3 heteroatoms. The van der Waals surface area contributed by atoms with Gasteiger partial charge in [-0.25, -0.2) is 0 Å². The molecule has 0 amide bonds. The summed E-state index contributed by atoms with van der Waals surface area (Å²) in [5, 5.41) is 0. The molecule has 1 aliphatic rings. The van der Waals surface area contributed by atoms with Gasteiger partial charge in [0.25, 0.3) is 0 Å². The summed E-state index contributed by atoms with van der Waals surface area (Å²) < 4.78 is 5.11. The highest BCUT2D eigenvalue weighted by atomic mass is 16.5. The van der Waals surface area contributed by atoms with Crippen molar-refractivity contribution in [3.8, 4) is 0 Å². The van der Waals surface area contributed by atoms with Crippen molar-refractivity contribution in [2.24, 2.45) is 17.1 Å². The molecule has 3 atom stereocenters. The number of carbonyl (C=O) groups is 1. The van der Waals surface area contributed by atoms with Crippen LogP contribution < -0.4 is 5.73 Å². The molecule has 0 bridgehead atoms. The van der Waals surface area contributed by atoms with Crippen LogP contribution in [0.15, 0.2) is 0 Å². The lowest BCUT2D eigenvalue weighted by atomic mass is 9.78. The molecule has 0 aliphatic heterocycles. The van der Waals surface area contributed by atoms with Crippen molar-refractivity contribution in [1.82, 2.24) is 0 Å². The lowest BCUT2D eigenvalue weighted by molar-refractivity contribution is -0.156. The summed E-state index contributed by atoms with van der Waals surface area (Å²) in [6, 6.07) is 0.161. The standard InChI is InChI=1S/C11H21NO2/c1-4-8-6-9(12)7-11(8,3)10(13)14-5-2/h8-9H,4-7,12H2,1-3H3. The van der Waals surface area contributed by atoms with Crippen molar-refractivity contribution in [1.29, 1.82) is 0 Å². The lowest BCUT2D eigenvalue weighted by Crippen LogP contribution is -2.34. The van der Waals surface area contributed by atoms with Gasteiger partial charge >= 0.3 is 5.97 Å². The molecule has 2 N–H and O–H groups in total. The van der Waals surface area contributed by atoms with Crippen LogP contribution in [0.25, 0.3) is 0 Å². The number of rotatable bonds is 3. The molecule has 0 aromatic rings. The third-order valence-electron chi connectivity index (χ3n) is 3.41. The Morgan fingerprint density at radius 2 is 2.21 bits per heavy atom. The molecule has 0 radical (unpaired) electrons. The van der Waals surface area contributed by atoms with Crippen LogP contribution in [0.1, 0.15) is 40.0 Å². The highest BCUT2D eigenvalue weighted by Gasteiger charge is 2.48. The van der Waals surface area contributed by atoms with E-state index in [1.54, 1.807) is 0 Å². The fourth-order valence-electron chi connectivity index (χ4n) is 2.58.